The Labute approximate surface area is 227 Å². The van der Waals surface area contributed by atoms with Gasteiger partial charge in [0, 0.05) is 30.7 Å². The second-order valence-corrected chi connectivity index (χ2v) is 11.9. The molecule has 1 aromatic carbocycles. The van der Waals surface area contributed by atoms with E-state index in [-0.39, 0.29) is 17.7 Å². The van der Waals surface area contributed by atoms with Crippen LogP contribution >= 0.6 is 11.8 Å². The number of anilines is 3. The minimum Gasteiger partial charge on any atom is -0.443 e. The quantitative estimate of drug-likeness (QED) is 0.342. The predicted molar refractivity (Wildman–Crippen MR) is 153 cm³/mol. The first-order chi connectivity index (χ1) is 18.1. The smallest absolute Gasteiger partial charge is 0.414 e. The van der Waals surface area contributed by atoms with Crippen LogP contribution in [-0.4, -0.2) is 70.6 Å². The highest BCUT2D eigenvalue weighted by molar-refractivity contribution is 7.98. The lowest BCUT2D eigenvalue weighted by Crippen LogP contribution is -2.46. The van der Waals surface area contributed by atoms with Crippen molar-refractivity contribution < 1.29 is 9.53 Å². The Hall–Kier alpha value is -3.11. The molecule has 2 aromatic heterocycles. The zero-order valence-corrected chi connectivity index (χ0v) is 23.8. The van der Waals surface area contributed by atoms with Crippen molar-refractivity contribution in [3.8, 4) is 0 Å². The lowest BCUT2D eigenvalue weighted by atomic mass is 10.0. The molecule has 10 heteroatoms. The average Bonchev–Trinajstić information content (AvgIpc) is 2.87. The summed E-state index contributed by atoms with van der Waals surface area (Å²) in [6.07, 6.45) is 5.15. The number of fused-ring (bicyclic) bond motifs is 2. The lowest BCUT2D eigenvalue weighted by molar-refractivity contribution is 0.0580. The molecule has 0 bridgehead atoms. The van der Waals surface area contributed by atoms with Crippen molar-refractivity contribution in [3.05, 3.63) is 46.4 Å². The molecule has 1 saturated heterocycles. The van der Waals surface area contributed by atoms with Crippen LogP contribution in [0.1, 0.15) is 45.2 Å². The van der Waals surface area contributed by atoms with Crippen molar-refractivity contribution in [2.75, 3.05) is 49.3 Å². The zero-order chi connectivity index (χ0) is 27.2. The molecule has 2 aliphatic heterocycles. The number of hydrogen-bond donors (Lipinski definition) is 0. The number of carbonyl (C=O) groups excluding carboxylic acids is 1. The van der Waals surface area contributed by atoms with Crippen LogP contribution in [-0.2, 0) is 4.74 Å². The van der Waals surface area contributed by atoms with Crippen LogP contribution in [0.2, 0.25) is 0 Å². The van der Waals surface area contributed by atoms with Crippen molar-refractivity contribution in [2.45, 2.75) is 57.3 Å². The third kappa shape index (κ3) is 4.99. The van der Waals surface area contributed by atoms with Gasteiger partial charge in [-0.1, -0.05) is 23.9 Å². The van der Waals surface area contributed by atoms with Gasteiger partial charge in [-0.05, 0) is 84.6 Å². The van der Waals surface area contributed by atoms with Crippen LogP contribution in [0.15, 0.2) is 40.4 Å². The van der Waals surface area contributed by atoms with E-state index in [4.69, 9.17) is 9.72 Å². The highest BCUT2D eigenvalue weighted by Gasteiger charge is 2.34. The SMILES string of the molecule is CSc1ncc2cc(N3CCN(C(=O)OC(C)(C)C)c4c(C)cccc43)c(=O)n(C3CCN(C)CC3)c2n1. The fourth-order valence-corrected chi connectivity index (χ4v) is 5.70. The molecule has 4 heterocycles. The molecule has 38 heavy (non-hydrogen) atoms. The fourth-order valence-electron chi connectivity index (χ4n) is 5.37. The van der Waals surface area contributed by atoms with Crippen LogP contribution in [0, 0.1) is 6.92 Å². The van der Waals surface area contributed by atoms with Crippen molar-refractivity contribution in [1.29, 1.82) is 0 Å². The van der Waals surface area contributed by atoms with Gasteiger partial charge in [-0.3, -0.25) is 14.3 Å². The molecule has 1 fully saturated rings. The van der Waals surface area contributed by atoms with Gasteiger partial charge in [0.2, 0.25) is 0 Å². The number of benzene rings is 1. The Kier molecular flexibility index (Phi) is 7.13. The zero-order valence-electron chi connectivity index (χ0n) is 23.0. The Bertz CT molecular complexity index is 1420. The first-order valence-corrected chi connectivity index (χ1v) is 14.3. The summed E-state index contributed by atoms with van der Waals surface area (Å²) in [5.41, 5.74) is 3.13. The molecule has 0 spiro atoms. The molecule has 0 unspecified atom stereocenters. The maximum atomic E-state index is 14.3. The van der Waals surface area contributed by atoms with E-state index in [1.165, 1.54) is 11.8 Å². The minimum atomic E-state index is -0.604. The maximum Gasteiger partial charge on any atom is 0.414 e. The van der Waals surface area contributed by atoms with Crippen LogP contribution in [0.25, 0.3) is 11.0 Å². The van der Waals surface area contributed by atoms with Gasteiger partial charge in [0.1, 0.15) is 16.9 Å². The van der Waals surface area contributed by atoms with E-state index in [0.29, 0.717) is 29.6 Å². The molecular weight excluding hydrogens is 500 g/mol. The summed E-state index contributed by atoms with van der Waals surface area (Å²) < 4.78 is 7.62. The van der Waals surface area contributed by atoms with Crippen molar-refractivity contribution >= 4 is 46.0 Å². The number of pyridine rings is 1. The van der Waals surface area contributed by atoms with Gasteiger partial charge < -0.3 is 14.5 Å². The van der Waals surface area contributed by atoms with Gasteiger partial charge >= 0.3 is 6.09 Å². The monoisotopic (exact) mass is 536 g/mol. The van der Waals surface area contributed by atoms with E-state index in [0.717, 1.165) is 48.3 Å². The number of rotatable bonds is 3. The average molecular weight is 537 g/mol. The van der Waals surface area contributed by atoms with E-state index >= 15 is 0 Å². The first-order valence-electron chi connectivity index (χ1n) is 13.1. The van der Waals surface area contributed by atoms with E-state index in [1.54, 1.807) is 4.90 Å². The van der Waals surface area contributed by atoms with Gasteiger partial charge in [-0.2, -0.15) is 0 Å². The van der Waals surface area contributed by atoms with E-state index in [1.807, 2.05) is 73.9 Å². The highest BCUT2D eigenvalue weighted by Crippen LogP contribution is 2.40. The number of ether oxygens (including phenoxy) is 1. The Morgan fingerprint density at radius 3 is 2.53 bits per heavy atom. The lowest BCUT2D eigenvalue weighted by Gasteiger charge is -2.39. The summed E-state index contributed by atoms with van der Waals surface area (Å²) in [6, 6.07) is 7.88. The van der Waals surface area contributed by atoms with Crippen LogP contribution in [0.3, 0.4) is 0 Å². The van der Waals surface area contributed by atoms with Gasteiger partial charge in [-0.15, -0.1) is 0 Å². The number of aromatic nitrogens is 3. The Morgan fingerprint density at radius 1 is 1.11 bits per heavy atom. The number of likely N-dealkylation sites (tertiary alicyclic amines) is 1. The molecular formula is C28H36N6O3S. The number of amides is 1. The second-order valence-electron chi connectivity index (χ2n) is 11.1. The third-order valence-corrected chi connectivity index (χ3v) is 7.76. The molecule has 5 rings (SSSR count). The fraction of sp³-hybridized carbons (Fsp3) is 0.500. The molecule has 3 aromatic rings. The van der Waals surface area contributed by atoms with E-state index in [9.17, 15) is 9.59 Å². The molecule has 1 amide bonds. The predicted octanol–water partition coefficient (Wildman–Crippen LogP) is 4.98. The molecule has 0 atom stereocenters. The van der Waals surface area contributed by atoms with E-state index < -0.39 is 5.60 Å². The van der Waals surface area contributed by atoms with Gasteiger partial charge in [0.15, 0.2) is 5.16 Å². The molecule has 0 saturated carbocycles. The van der Waals surface area contributed by atoms with Crippen molar-refractivity contribution in [2.24, 2.45) is 0 Å². The highest BCUT2D eigenvalue weighted by atomic mass is 32.2. The minimum absolute atomic E-state index is 0.0593. The second kappa shape index (κ2) is 10.2. The third-order valence-electron chi connectivity index (χ3n) is 7.20. The number of para-hydroxylation sites is 1. The van der Waals surface area contributed by atoms with Crippen LogP contribution in [0.5, 0.6) is 0 Å². The van der Waals surface area contributed by atoms with Gasteiger partial charge in [0.05, 0.1) is 11.4 Å². The Balaban J connectivity index is 1.65. The summed E-state index contributed by atoms with van der Waals surface area (Å²) in [7, 11) is 2.12. The first kappa shape index (κ1) is 26.5. The van der Waals surface area contributed by atoms with Gasteiger partial charge in [-0.25, -0.2) is 14.8 Å². The number of nitrogens with zero attached hydrogens (tertiary/aromatic N) is 6. The summed E-state index contributed by atoms with van der Waals surface area (Å²) in [5, 5.41) is 1.48. The number of hydrogen-bond acceptors (Lipinski definition) is 8. The van der Waals surface area contributed by atoms with Crippen molar-refractivity contribution in [3.63, 3.8) is 0 Å². The summed E-state index contributed by atoms with van der Waals surface area (Å²) in [6.45, 7) is 10.3. The topological polar surface area (TPSA) is 83.8 Å². The van der Waals surface area contributed by atoms with Crippen LogP contribution < -0.4 is 15.4 Å². The molecule has 9 nitrogen and oxygen atoms in total. The summed E-state index contributed by atoms with van der Waals surface area (Å²) in [5.74, 6) is 0. The van der Waals surface area contributed by atoms with E-state index in [2.05, 4.69) is 16.9 Å². The molecule has 202 valence electrons. The number of aryl methyl sites for hydroxylation is 1. The molecule has 0 aliphatic carbocycles. The summed E-state index contributed by atoms with van der Waals surface area (Å²) >= 11 is 1.47. The standard InChI is InChI=1S/C28H36N6O3S/c1-18-8-7-9-21-23(18)33(27(36)37-28(2,3)4)15-14-32(21)22-16-19-17-29-26(38-6)30-24(19)34(25(22)35)20-10-12-31(5)13-11-20/h7-9,16-17,20H,10-15H2,1-6H3. The molecule has 0 N–H and O–H groups in total. The number of thioether (sulfide) groups is 1. The maximum absolute atomic E-state index is 14.3. The number of piperidine rings is 1. The normalized spacial score (nSPS) is 17.1. The molecule has 2 aliphatic rings. The largest absolute Gasteiger partial charge is 0.443 e. The van der Waals surface area contributed by atoms with Gasteiger partial charge in [0.25, 0.3) is 5.56 Å². The van der Waals surface area contributed by atoms with Crippen LogP contribution in [0.4, 0.5) is 21.9 Å². The number of carbonyl (C=O) groups is 1. The molecule has 0 radical (unpaired) electrons. The van der Waals surface area contributed by atoms with Crippen molar-refractivity contribution in [1.82, 2.24) is 19.4 Å². The summed E-state index contributed by atoms with van der Waals surface area (Å²) in [4.78, 5) is 42.8. The Morgan fingerprint density at radius 2 is 1.84 bits per heavy atom.